The molecule has 0 aliphatic carbocycles. The molecule has 0 spiro atoms. The van der Waals surface area contributed by atoms with E-state index in [1.807, 2.05) is 34.5 Å². The van der Waals surface area contributed by atoms with Crippen molar-refractivity contribution in [2.24, 2.45) is 0 Å². The molecule has 0 bridgehead atoms. The number of carbonyl (C=O) groups is 1. The molecule has 1 aromatic carbocycles. The summed E-state index contributed by atoms with van der Waals surface area (Å²) in [7, 11) is 0. The Labute approximate surface area is 122 Å². The van der Waals surface area contributed by atoms with Gasteiger partial charge in [0.25, 0.3) is 0 Å². The van der Waals surface area contributed by atoms with Crippen molar-refractivity contribution in [2.45, 2.75) is 26.0 Å². The van der Waals surface area contributed by atoms with Crippen LogP contribution < -0.4 is 0 Å². The Morgan fingerprint density at radius 2 is 2.20 bits per heavy atom. The van der Waals surface area contributed by atoms with E-state index in [0.717, 1.165) is 29.0 Å². The molecule has 0 fully saturated rings. The van der Waals surface area contributed by atoms with Gasteiger partial charge in [-0.3, -0.25) is 4.79 Å². The number of hydrogen-bond acceptors (Lipinski definition) is 3. The first kappa shape index (κ1) is 13.3. The third-order valence-corrected chi connectivity index (χ3v) is 4.74. The second kappa shape index (κ2) is 5.38. The van der Waals surface area contributed by atoms with Gasteiger partial charge < -0.3 is 10.0 Å². The van der Waals surface area contributed by atoms with Gasteiger partial charge in [0.05, 0.1) is 0 Å². The molecule has 0 radical (unpaired) electrons. The Morgan fingerprint density at radius 3 is 2.90 bits per heavy atom. The lowest BCUT2D eigenvalue weighted by atomic mass is 9.95. The molecule has 1 aliphatic rings. The highest BCUT2D eigenvalue weighted by Crippen LogP contribution is 2.29. The minimum atomic E-state index is -0.576. The van der Waals surface area contributed by atoms with Crippen LogP contribution in [-0.4, -0.2) is 22.5 Å². The van der Waals surface area contributed by atoms with Crippen LogP contribution in [-0.2, 0) is 17.8 Å². The second-order valence-electron chi connectivity index (χ2n) is 5.14. The Kier molecular flexibility index (Phi) is 3.59. The smallest absolute Gasteiger partial charge is 0.219 e. The molecule has 2 aromatic rings. The minimum Gasteiger partial charge on any atom is -0.383 e. The molecular weight excluding hydrogens is 270 g/mol. The highest BCUT2D eigenvalue weighted by atomic mass is 32.1. The van der Waals surface area contributed by atoms with Gasteiger partial charge in [0, 0.05) is 24.9 Å². The Balaban J connectivity index is 1.89. The van der Waals surface area contributed by atoms with Crippen molar-refractivity contribution in [2.75, 3.05) is 6.54 Å². The number of thiophene rings is 1. The van der Waals surface area contributed by atoms with Crippen LogP contribution in [0.15, 0.2) is 35.7 Å². The number of carbonyl (C=O) groups excluding carboxylic acids is 1. The zero-order valence-corrected chi connectivity index (χ0v) is 12.2. The summed E-state index contributed by atoms with van der Waals surface area (Å²) in [5, 5.41) is 12.4. The van der Waals surface area contributed by atoms with Crippen LogP contribution in [0.25, 0.3) is 0 Å². The van der Waals surface area contributed by atoms with Crippen LogP contribution in [0.4, 0.5) is 0 Å². The van der Waals surface area contributed by atoms with Crippen molar-refractivity contribution in [1.29, 1.82) is 0 Å². The molecule has 1 aliphatic heterocycles. The van der Waals surface area contributed by atoms with Crippen LogP contribution in [0.1, 0.15) is 34.6 Å². The number of nitrogens with zero attached hydrogens (tertiary/aromatic N) is 1. The van der Waals surface area contributed by atoms with Crippen LogP contribution in [0.3, 0.4) is 0 Å². The lowest BCUT2D eigenvalue weighted by molar-refractivity contribution is -0.129. The van der Waals surface area contributed by atoms with E-state index in [2.05, 4.69) is 6.07 Å². The maximum absolute atomic E-state index is 11.5. The lowest BCUT2D eigenvalue weighted by Gasteiger charge is -2.28. The third kappa shape index (κ3) is 2.49. The standard InChI is InChI=1S/C16H17NO2S/c1-11(18)17-7-6-12-4-5-13(9-14(12)10-17)16(19)15-3-2-8-20-15/h2-5,8-9,16,19H,6-7,10H2,1H3. The zero-order chi connectivity index (χ0) is 14.1. The summed E-state index contributed by atoms with van der Waals surface area (Å²) in [6, 6.07) is 10.00. The number of benzene rings is 1. The molecule has 104 valence electrons. The van der Waals surface area contributed by atoms with E-state index in [-0.39, 0.29) is 5.91 Å². The predicted octanol–water partition coefficient (Wildman–Crippen LogP) is 2.73. The SMILES string of the molecule is CC(=O)N1CCc2ccc(C(O)c3cccs3)cc2C1. The van der Waals surface area contributed by atoms with Crippen LogP contribution in [0, 0.1) is 0 Å². The van der Waals surface area contributed by atoms with Crippen molar-refractivity contribution >= 4 is 17.2 Å². The fourth-order valence-corrected chi connectivity index (χ4v) is 3.36. The van der Waals surface area contributed by atoms with E-state index in [0.29, 0.717) is 6.54 Å². The monoisotopic (exact) mass is 287 g/mol. The summed E-state index contributed by atoms with van der Waals surface area (Å²) in [5.41, 5.74) is 3.33. The molecule has 1 amide bonds. The summed E-state index contributed by atoms with van der Waals surface area (Å²) < 4.78 is 0. The molecule has 1 atom stereocenters. The molecule has 20 heavy (non-hydrogen) atoms. The Morgan fingerprint density at radius 1 is 1.35 bits per heavy atom. The minimum absolute atomic E-state index is 0.111. The van der Waals surface area contributed by atoms with E-state index >= 15 is 0 Å². The first-order valence-corrected chi connectivity index (χ1v) is 7.62. The van der Waals surface area contributed by atoms with Gasteiger partial charge in [-0.15, -0.1) is 11.3 Å². The molecule has 0 saturated carbocycles. The average Bonchev–Trinajstić information content (AvgIpc) is 2.99. The van der Waals surface area contributed by atoms with Gasteiger partial charge in [0.2, 0.25) is 5.91 Å². The first-order chi connectivity index (χ1) is 9.65. The van der Waals surface area contributed by atoms with Gasteiger partial charge in [-0.1, -0.05) is 24.3 Å². The molecule has 3 rings (SSSR count). The predicted molar refractivity (Wildman–Crippen MR) is 79.6 cm³/mol. The summed E-state index contributed by atoms with van der Waals surface area (Å²) in [6.45, 7) is 3.04. The molecule has 3 nitrogen and oxygen atoms in total. The Bertz CT molecular complexity index is 621. The quantitative estimate of drug-likeness (QED) is 0.922. The van der Waals surface area contributed by atoms with Gasteiger partial charge >= 0.3 is 0 Å². The molecule has 1 N–H and O–H groups in total. The largest absolute Gasteiger partial charge is 0.383 e. The maximum Gasteiger partial charge on any atom is 0.219 e. The fraction of sp³-hybridized carbons (Fsp3) is 0.312. The number of hydrogen-bond donors (Lipinski definition) is 1. The van der Waals surface area contributed by atoms with E-state index < -0.39 is 6.10 Å². The zero-order valence-electron chi connectivity index (χ0n) is 11.4. The maximum atomic E-state index is 11.5. The molecule has 2 heterocycles. The fourth-order valence-electron chi connectivity index (χ4n) is 2.63. The average molecular weight is 287 g/mol. The highest BCUT2D eigenvalue weighted by Gasteiger charge is 2.20. The number of amides is 1. The van der Waals surface area contributed by atoms with Crippen LogP contribution in [0.2, 0.25) is 0 Å². The van der Waals surface area contributed by atoms with Crippen LogP contribution >= 0.6 is 11.3 Å². The number of fused-ring (bicyclic) bond motifs is 1. The van der Waals surface area contributed by atoms with Gasteiger partial charge in [0.1, 0.15) is 6.10 Å². The molecular formula is C16H17NO2S. The third-order valence-electron chi connectivity index (χ3n) is 3.82. The van der Waals surface area contributed by atoms with Crippen molar-refractivity contribution in [1.82, 2.24) is 4.90 Å². The van der Waals surface area contributed by atoms with E-state index in [1.54, 1.807) is 18.3 Å². The van der Waals surface area contributed by atoms with Crippen molar-refractivity contribution in [3.8, 4) is 0 Å². The molecule has 4 heteroatoms. The summed E-state index contributed by atoms with van der Waals surface area (Å²) in [6.07, 6.45) is 0.317. The first-order valence-electron chi connectivity index (χ1n) is 6.74. The molecule has 0 saturated heterocycles. The summed E-state index contributed by atoms with van der Waals surface area (Å²) in [5.74, 6) is 0.111. The topological polar surface area (TPSA) is 40.5 Å². The lowest BCUT2D eigenvalue weighted by Crippen LogP contribution is -2.34. The number of aliphatic hydroxyl groups excluding tert-OH is 1. The Hall–Kier alpha value is -1.65. The van der Waals surface area contributed by atoms with Gasteiger partial charge in [-0.2, -0.15) is 0 Å². The number of rotatable bonds is 2. The summed E-state index contributed by atoms with van der Waals surface area (Å²) in [4.78, 5) is 14.3. The van der Waals surface area contributed by atoms with Crippen molar-refractivity contribution < 1.29 is 9.90 Å². The molecule has 1 unspecified atom stereocenters. The summed E-state index contributed by atoms with van der Waals surface area (Å²) >= 11 is 1.55. The van der Waals surface area contributed by atoms with Gasteiger partial charge in [-0.05, 0) is 34.6 Å². The van der Waals surface area contributed by atoms with Crippen LogP contribution in [0.5, 0.6) is 0 Å². The van der Waals surface area contributed by atoms with E-state index in [1.165, 1.54) is 5.56 Å². The highest BCUT2D eigenvalue weighted by molar-refractivity contribution is 7.10. The van der Waals surface area contributed by atoms with Crippen molar-refractivity contribution in [3.05, 3.63) is 57.3 Å². The van der Waals surface area contributed by atoms with E-state index in [4.69, 9.17) is 0 Å². The molecule has 1 aromatic heterocycles. The van der Waals surface area contributed by atoms with Gasteiger partial charge in [0.15, 0.2) is 0 Å². The van der Waals surface area contributed by atoms with Gasteiger partial charge in [-0.25, -0.2) is 0 Å². The number of aliphatic hydroxyl groups is 1. The van der Waals surface area contributed by atoms with E-state index in [9.17, 15) is 9.90 Å². The normalized spacial score (nSPS) is 15.8. The second-order valence-corrected chi connectivity index (χ2v) is 6.12. The van der Waals surface area contributed by atoms with Crippen molar-refractivity contribution in [3.63, 3.8) is 0 Å².